The molecule has 1 aliphatic carbocycles. The molecule has 3 rings (SSSR count). The van der Waals surface area contributed by atoms with Crippen LogP contribution in [0.4, 0.5) is 0 Å². The maximum absolute atomic E-state index is 9.96. The van der Waals surface area contributed by atoms with Gasteiger partial charge >= 0.3 is 0 Å². The number of carbonyl (C=O) groups is 1. The van der Waals surface area contributed by atoms with Crippen LogP contribution in [-0.2, 0) is 4.79 Å². The quantitative estimate of drug-likeness (QED) is 0.864. The van der Waals surface area contributed by atoms with E-state index in [1.54, 1.807) is 0 Å². The van der Waals surface area contributed by atoms with E-state index in [0.29, 0.717) is 6.04 Å². The number of hydrogen-bond donors (Lipinski definition) is 1. The highest BCUT2D eigenvalue weighted by atomic mass is 16.1. The minimum absolute atomic E-state index is 0.483. The lowest BCUT2D eigenvalue weighted by atomic mass is 9.96. The van der Waals surface area contributed by atoms with Gasteiger partial charge in [-0.15, -0.1) is 0 Å². The van der Waals surface area contributed by atoms with E-state index < -0.39 is 0 Å². The number of nitrogens with one attached hydrogen (secondary N) is 1. The molecule has 0 radical (unpaired) electrons. The number of nitrogens with zero attached hydrogens (tertiary/aromatic N) is 3. The van der Waals surface area contributed by atoms with E-state index in [0.717, 1.165) is 29.0 Å². The number of aromatic nitrogens is 3. The summed E-state index contributed by atoms with van der Waals surface area (Å²) < 4.78 is 1.86. The van der Waals surface area contributed by atoms with Crippen molar-refractivity contribution < 1.29 is 4.79 Å². The van der Waals surface area contributed by atoms with Crippen molar-refractivity contribution in [2.45, 2.75) is 58.9 Å². The molecule has 0 aliphatic heterocycles. The third-order valence-electron chi connectivity index (χ3n) is 3.86. The van der Waals surface area contributed by atoms with Crippen LogP contribution in [0.1, 0.15) is 49.1 Å². The number of amides is 1. The Morgan fingerprint density at radius 2 is 1.95 bits per heavy atom. The van der Waals surface area contributed by atoms with E-state index in [-0.39, 0.29) is 0 Å². The van der Waals surface area contributed by atoms with Crippen LogP contribution in [0.25, 0.3) is 5.65 Å². The van der Waals surface area contributed by atoms with Crippen LogP contribution >= 0.6 is 0 Å². The van der Waals surface area contributed by atoms with Gasteiger partial charge in [0.05, 0.1) is 6.20 Å². The molecule has 1 aliphatic rings. The first-order valence-electron chi connectivity index (χ1n) is 7.60. The Balaban J connectivity index is 0.000000161. The Kier molecular flexibility index (Phi) is 5.31. The number of rotatable bonds is 2. The summed E-state index contributed by atoms with van der Waals surface area (Å²) >= 11 is 0. The van der Waals surface area contributed by atoms with Crippen LogP contribution in [0.3, 0.4) is 0 Å². The van der Waals surface area contributed by atoms with Crippen molar-refractivity contribution in [2.75, 3.05) is 0 Å². The Hall–Kier alpha value is -1.91. The molecule has 0 aromatic carbocycles. The summed E-state index contributed by atoms with van der Waals surface area (Å²) in [4.78, 5) is 14.4. The van der Waals surface area contributed by atoms with Crippen molar-refractivity contribution in [3.8, 4) is 0 Å². The molecule has 2 heterocycles. The first-order valence-corrected chi connectivity index (χ1v) is 7.60. The third kappa shape index (κ3) is 4.03. The molecule has 2 aromatic heterocycles. The SMILES string of the molecule is Cc1cc(C)n2ncc(C)c2n1.O=CNC1CCCCC1. The molecular formula is C16H24N4O. The zero-order valence-electron chi connectivity index (χ0n) is 13.1. The highest BCUT2D eigenvalue weighted by molar-refractivity contribution is 5.47. The van der Waals surface area contributed by atoms with E-state index in [9.17, 15) is 4.79 Å². The third-order valence-corrected chi connectivity index (χ3v) is 3.86. The second-order valence-corrected chi connectivity index (χ2v) is 5.72. The fourth-order valence-electron chi connectivity index (χ4n) is 2.75. The zero-order chi connectivity index (χ0) is 15.2. The fraction of sp³-hybridized carbons (Fsp3) is 0.562. The van der Waals surface area contributed by atoms with Crippen molar-refractivity contribution in [1.29, 1.82) is 0 Å². The summed E-state index contributed by atoms with van der Waals surface area (Å²) in [6, 6.07) is 2.51. The van der Waals surface area contributed by atoms with Gasteiger partial charge in [-0.25, -0.2) is 9.50 Å². The zero-order valence-corrected chi connectivity index (χ0v) is 13.1. The van der Waals surface area contributed by atoms with Gasteiger partial charge in [0.2, 0.25) is 6.41 Å². The first-order chi connectivity index (χ1) is 10.1. The Morgan fingerprint density at radius 3 is 2.62 bits per heavy atom. The predicted octanol–water partition coefficient (Wildman–Crippen LogP) is 2.72. The molecule has 5 heteroatoms. The van der Waals surface area contributed by atoms with Gasteiger partial charge in [-0.3, -0.25) is 4.79 Å². The molecule has 0 spiro atoms. The van der Waals surface area contributed by atoms with Gasteiger partial charge in [-0.05, 0) is 39.7 Å². The van der Waals surface area contributed by atoms with E-state index >= 15 is 0 Å². The van der Waals surface area contributed by atoms with Gasteiger partial charge in [0.1, 0.15) is 0 Å². The fourth-order valence-corrected chi connectivity index (χ4v) is 2.75. The number of hydrogen-bond acceptors (Lipinski definition) is 3. The average molecular weight is 288 g/mol. The van der Waals surface area contributed by atoms with Crippen LogP contribution in [0.15, 0.2) is 12.3 Å². The summed E-state index contributed by atoms with van der Waals surface area (Å²) in [5.41, 5.74) is 4.27. The lowest BCUT2D eigenvalue weighted by molar-refractivity contribution is -0.110. The largest absolute Gasteiger partial charge is 0.356 e. The van der Waals surface area contributed by atoms with Crippen LogP contribution in [0.2, 0.25) is 0 Å². The standard InChI is InChI=1S/C9H11N3.C7H13NO/c1-6-5-10-12-8(3)4-7(2)11-9(6)12;9-6-8-7-4-2-1-3-5-7/h4-5H,1-3H3;6-7H,1-5H2,(H,8,9). The normalized spacial score (nSPS) is 15.4. The van der Waals surface area contributed by atoms with Gasteiger partial charge in [-0.1, -0.05) is 19.3 Å². The van der Waals surface area contributed by atoms with E-state index in [1.807, 2.05) is 37.5 Å². The Labute approximate surface area is 125 Å². The minimum Gasteiger partial charge on any atom is -0.356 e. The molecule has 21 heavy (non-hydrogen) atoms. The van der Waals surface area contributed by atoms with Crippen LogP contribution in [0, 0.1) is 20.8 Å². The molecule has 0 unspecified atom stereocenters. The highest BCUT2D eigenvalue weighted by Crippen LogP contribution is 2.16. The number of fused-ring (bicyclic) bond motifs is 1. The second kappa shape index (κ2) is 7.20. The number of carbonyl (C=O) groups excluding carboxylic acids is 1. The Morgan fingerprint density at radius 1 is 1.24 bits per heavy atom. The van der Waals surface area contributed by atoms with Crippen LogP contribution in [0.5, 0.6) is 0 Å². The molecule has 0 atom stereocenters. The Bertz CT molecular complexity index is 600. The van der Waals surface area contributed by atoms with Gasteiger partial charge < -0.3 is 5.32 Å². The van der Waals surface area contributed by atoms with Crippen molar-refractivity contribution >= 4 is 12.1 Å². The molecule has 1 fully saturated rings. The molecule has 0 bridgehead atoms. The van der Waals surface area contributed by atoms with Crippen molar-refractivity contribution in [3.63, 3.8) is 0 Å². The molecule has 5 nitrogen and oxygen atoms in total. The van der Waals surface area contributed by atoms with Crippen molar-refractivity contribution in [2.24, 2.45) is 0 Å². The topological polar surface area (TPSA) is 59.3 Å². The van der Waals surface area contributed by atoms with Gasteiger partial charge in [0.15, 0.2) is 5.65 Å². The summed E-state index contributed by atoms with van der Waals surface area (Å²) in [6.45, 7) is 6.06. The van der Waals surface area contributed by atoms with E-state index in [2.05, 4.69) is 15.4 Å². The van der Waals surface area contributed by atoms with Gasteiger partial charge in [0, 0.05) is 23.0 Å². The molecular weight excluding hydrogens is 264 g/mol. The highest BCUT2D eigenvalue weighted by Gasteiger charge is 2.10. The van der Waals surface area contributed by atoms with Crippen LogP contribution < -0.4 is 5.32 Å². The molecule has 2 aromatic rings. The van der Waals surface area contributed by atoms with E-state index in [1.165, 1.54) is 32.1 Å². The summed E-state index contributed by atoms with van der Waals surface area (Å²) in [7, 11) is 0. The molecule has 1 saturated carbocycles. The average Bonchev–Trinajstić information content (AvgIpc) is 2.83. The molecule has 1 N–H and O–H groups in total. The summed E-state index contributed by atoms with van der Waals surface area (Å²) in [6.07, 6.45) is 8.93. The van der Waals surface area contributed by atoms with Gasteiger partial charge in [-0.2, -0.15) is 5.10 Å². The van der Waals surface area contributed by atoms with Crippen molar-refractivity contribution in [3.05, 3.63) is 29.2 Å². The number of aryl methyl sites for hydroxylation is 3. The lowest BCUT2D eigenvalue weighted by Gasteiger charge is -2.19. The summed E-state index contributed by atoms with van der Waals surface area (Å²) in [5.74, 6) is 0. The van der Waals surface area contributed by atoms with Crippen molar-refractivity contribution in [1.82, 2.24) is 19.9 Å². The summed E-state index contributed by atoms with van der Waals surface area (Å²) in [5, 5.41) is 7.02. The smallest absolute Gasteiger partial charge is 0.207 e. The first kappa shape index (κ1) is 15.5. The molecule has 0 saturated heterocycles. The second-order valence-electron chi connectivity index (χ2n) is 5.72. The van der Waals surface area contributed by atoms with Gasteiger partial charge in [0.25, 0.3) is 0 Å². The minimum atomic E-state index is 0.483. The van der Waals surface area contributed by atoms with Crippen LogP contribution in [-0.4, -0.2) is 27.0 Å². The lowest BCUT2D eigenvalue weighted by Crippen LogP contribution is -2.29. The molecule has 114 valence electrons. The predicted molar refractivity (Wildman–Crippen MR) is 83.3 cm³/mol. The van der Waals surface area contributed by atoms with E-state index in [4.69, 9.17) is 0 Å². The maximum atomic E-state index is 9.96. The maximum Gasteiger partial charge on any atom is 0.207 e. The monoisotopic (exact) mass is 288 g/mol. The molecule has 1 amide bonds.